The average Bonchev–Trinajstić information content (AvgIpc) is 2.56. The maximum atomic E-state index is 12.0. The van der Waals surface area contributed by atoms with E-state index in [4.69, 9.17) is 5.21 Å². The summed E-state index contributed by atoms with van der Waals surface area (Å²) in [4.78, 5) is 26.4. The molecule has 1 aromatic carbocycles. The Hall–Kier alpha value is -2.37. The number of Topliss-reactive ketones (excluding diaryl/α,β-unsaturated/α-hetero) is 1. The molecule has 0 bridgehead atoms. The fraction of sp³-hybridized carbons (Fsp3) is 0.182. The first-order chi connectivity index (χ1) is 8.22. The molecule has 2 aromatic rings. The summed E-state index contributed by atoms with van der Waals surface area (Å²) < 4.78 is 1.50. The van der Waals surface area contributed by atoms with E-state index in [2.05, 4.69) is 10.1 Å². The van der Waals surface area contributed by atoms with E-state index in [1.54, 1.807) is 18.2 Å². The first kappa shape index (κ1) is 9.83. The van der Waals surface area contributed by atoms with Crippen LogP contribution in [-0.2, 0) is 6.54 Å². The van der Waals surface area contributed by atoms with E-state index < -0.39 is 0 Å². The summed E-state index contributed by atoms with van der Waals surface area (Å²) in [5, 5.41) is 11.8. The molecular formula is C11H9N3O3. The third kappa shape index (κ3) is 1.24. The maximum absolute atomic E-state index is 12.0. The molecule has 6 nitrogen and oxygen atoms in total. The van der Waals surface area contributed by atoms with Crippen LogP contribution in [0, 0.1) is 0 Å². The SMILES string of the molecule is O=C1/C(=N\O)CCn2c(=O)[nH]c3cccc1c32. The topological polar surface area (TPSA) is 87.4 Å². The summed E-state index contributed by atoms with van der Waals surface area (Å²) >= 11 is 0. The van der Waals surface area contributed by atoms with Crippen LogP contribution in [0.25, 0.3) is 11.0 Å². The number of H-pyrrole nitrogens is 1. The number of benzene rings is 1. The van der Waals surface area contributed by atoms with Crippen LogP contribution in [0.4, 0.5) is 0 Å². The van der Waals surface area contributed by atoms with Gasteiger partial charge in [-0.25, -0.2) is 4.79 Å². The number of oxime groups is 1. The van der Waals surface area contributed by atoms with Gasteiger partial charge in [0.2, 0.25) is 5.78 Å². The van der Waals surface area contributed by atoms with Crippen LogP contribution in [0.5, 0.6) is 0 Å². The molecule has 0 saturated carbocycles. The van der Waals surface area contributed by atoms with Gasteiger partial charge in [-0.15, -0.1) is 0 Å². The van der Waals surface area contributed by atoms with E-state index in [-0.39, 0.29) is 23.6 Å². The van der Waals surface area contributed by atoms with Gasteiger partial charge >= 0.3 is 5.69 Å². The Labute approximate surface area is 95.2 Å². The molecule has 3 rings (SSSR count). The molecule has 0 unspecified atom stereocenters. The van der Waals surface area contributed by atoms with Crippen LogP contribution in [0.3, 0.4) is 0 Å². The Morgan fingerprint density at radius 1 is 1.35 bits per heavy atom. The third-order valence-corrected chi connectivity index (χ3v) is 2.99. The van der Waals surface area contributed by atoms with Crippen molar-refractivity contribution in [3.8, 4) is 0 Å². The quantitative estimate of drug-likeness (QED) is 0.518. The van der Waals surface area contributed by atoms with Gasteiger partial charge in [0, 0.05) is 18.5 Å². The molecule has 0 radical (unpaired) electrons. The molecule has 0 fully saturated rings. The third-order valence-electron chi connectivity index (χ3n) is 2.99. The summed E-state index contributed by atoms with van der Waals surface area (Å²) in [5.74, 6) is -0.330. The van der Waals surface area contributed by atoms with Crippen molar-refractivity contribution in [2.24, 2.45) is 5.16 Å². The number of aryl methyl sites for hydroxylation is 1. The number of aromatic nitrogens is 2. The molecular weight excluding hydrogens is 222 g/mol. The van der Waals surface area contributed by atoms with Gasteiger partial charge in [0.05, 0.1) is 11.0 Å². The van der Waals surface area contributed by atoms with Gasteiger partial charge in [-0.3, -0.25) is 9.36 Å². The Bertz CT molecular complexity index is 708. The van der Waals surface area contributed by atoms with Gasteiger partial charge in [-0.1, -0.05) is 11.2 Å². The number of carbonyl (C=O) groups is 1. The molecule has 2 N–H and O–H groups in total. The minimum absolute atomic E-state index is 0.0839. The number of para-hydroxylation sites is 1. The molecule has 1 aliphatic rings. The lowest BCUT2D eigenvalue weighted by molar-refractivity contribution is 0.106. The molecule has 2 heterocycles. The smallest absolute Gasteiger partial charge is 0.326 e. The molecule has 0 saturated heterocycles. The summed E-state index contributed by atoms with van der Waals surface area (Å²) in [5.41, 5.74) is 1.44. The molecule has 0 amide bonds. The molecule has 17 heavy (non-hydrogen) atoms. The second-order valence-corrected chi connectivity index (χ2v) is 3.91. The number of ketones is 1. The number of hydrogen-bond donors (Lipinski definition) is 2. The lowest BCUT2D eigenvalue weighted by atomic mass is 10.1. The van der Waals surface area contributed by atoms with Crippen molar-refractivity contribution in [3.05, 3.63) is 34.2 Å². The highest BCUT2D eigenvalue weighted by Crippen LogP contribution is 2.20. The van der Waals surface area contributed by atoms with E-state index in [0.29, 0.717) is 23.1 Å². The zero-order chi connectivity index (χ0) is 12.0. The molecule has 0 atom stereocenters. The number of imidazole rings is 1. The zero-order valence-corrected chi connectivity index (χ0v) is 8.80. The molecule has 1 aromatic heterocycles. The summed E-state index contributed by atoms with van der Waals surface area (Å²) in [6.07, 6.45) is 0.247. The van der Waals surface area contributed by atoms with Crippen LogP contribution in [-0.4, -0.2) is 26.3 Å². The Morgan fingerprint density at radius 3 is 2.94 bits per heavy atom. The number of nitrogens with zero attached hydrogens (tertiary/aromatic N) is 2. The van der Waals surface area contributed by atoms with E-state index in [0.717, 1.165) is 0 Å². The second kappa shape index (κ2) is 3.31. The minimum atomic E-state index is -0.330. The Morgan fingerprint density at radius 2 is 2.18 bits per heavy atom. The fourth-order valence-corrected chi connectivity index (χ4v) is 2.20. The fourth-order valence-electron chi connectivity index (χ4n) is 2.20. The van der Waals surface area contributed by atoms with Crippen LogP contribution in [0.2, 0.25) is 0 Å². The predicted molar refractivity (Wildman–Crippen MR) is 60.7 cm³/mol. The summed E-state index contributed by atoms with van der Waals surface area (Å²) in [6, 6.07) is 5.06. The summed E-state index contributed by atoms with van der Waals surface area (Å²) in [7, 11) is 0. The van der Waals surface area contributed by atoms with Gasteiger partial charge in [-0.05, 0) is 12.1 Å². The Balaban J connectivity index is 2.44. The lowest BCUT2D eigenvalue weighted by Crippen LogP contribution is -2.18. The maximum Gasteiger partial charge on any atom is 0.326 e. The highest BCUT2D eigenvalue weighted by molar-refractivity contribution is 6.47. The van der Waals surface area contributed by atoms with Crippen molar-refractivity contribution < 1.29 is 10.0 Å². The first-order valence-corrected chi connectivity index (χ1v) is 5.19. The van der Waals surface area contributed by atoms with E-state index in [1.165, 1.54) is 4.57 Å². The predicted octanol–water partition coefficient (Wildman–Crippen LogP) is 0.746. The van der Waals surface area contributed by atoms with Crippen molar-refractivity contribution in [2.75, 3.05) is 0 Å². The number of nitrogens with one attached hydrogen (secondary N) is 1. The van der Waals surface area contributed by atoms with E-state index in [1.807, 2.05) is 0 Å². The highest BCUT2D eigenvalue weighted by Gasteiger charge is 2.24. The van der Waals surface area contributed by atoms with Gasteiger partial charge in [0.15, 0.2) is 0 Å². The minimum Gasteiger partial charge on any atom is -0.411 e. The van der Waals surface area contributed by atoms with E-state index >= 15 is 0 Å². The van der Waals surface area contributed by atoms with Crippen molar-refractivity contribution in [1.29, 1.82) is 0 Å². The molecule has 0 spiro atoms. The lowest BCUT2D eigenvalue weighted by Gasteiger charge is -1.99. The number of aromatic amines is 1. The summed E-state index contributed by atoms with van der Waals surface area (Å²) in [6.45, 7) is 0.334. The standard InChI is InChI=1S/C11H9N3O3/c15-10-6-2-1-3-7-9(6)14(11(16)12-7)5-4-8(10)13-17/h1-3,17H,4-5H2,(H,12,16)/b13-8-. The van der Waals surface area contributed by atoms with Crippen molar-refractivity contribution in [3.63, 3.8) is 0 Å². The number of hydrogen-bond acceptors (Lipinski definition) is 4. The van der Waals surface area contributed by atoms with Gasteiger partial charge in [0.25, 0.3) is 0 Å². The van der Waals surface area contributed by atoms with Crippen LogP contribution < -0.4 is 5.69 Å². The van der Waals surface area contributed by atoms with Gasteiger partial charge < -0.3 is 10.2 Å². The van der Waals surface area contributed by atoms with Crippen molar-refractivity contribution in [1.82, 2.24) is 9.55 Å². The highest BCUT2D eigenvalue weighted by atomic mass is 16.4. The average molecular weight is 231 g/mol. The zero-order valence-electron chi connectivity index (χ0n) is 8.80. The largest absolute Gasteiger partial charge is 0.411 e. The van der Waals surface area contributed by atoms with Gasteiger partial charge in [-0.2, -0.15) is 0 Å². The number of carbonyl (C=O) groups excluding carboxylic acids is 1. The van der Waals surface area contributed by atoms with Crippen LogP contribution in [0.15, 0.2) is 28.1 Å². The normalized spacial score (nSPS) is 17.6. The molecule has 1 aliphatic heterocycles. The Kier molecular flexibility index (Phi) is 1.91. The number of rotatable bonds is 0. The molecule has 86 valence electrons. The molecule has 0 aliphatic carbocycles. The first-order valence-electron chi connectivity index (χ1n) is 5.19. The van der Waals surface area contributed by atoms with Gasteiger partial charge in [0.1, 0.15) is 5.71 Å². The molecule has 6 heteroatoms. The van der Waals surface area contributed by atoms with Crippen LogP contribution >= 0.6 is 0 Å². The van der Waals surface area contributed by atoms with Crippen LogP contribution in [0.1, 0.15) is 16.8 Å². The van der Waals surface area contributed by atoms with Crippen molar-refractivity contribution in [2.45, 2.75) is 13.0 Å². The second-order valence-electron chi connectivity index (χ2n) is 3.91. The van der Waals surface area contributed by atoms with E-state index in [9.17, 15) is 9.59 Å². The monoisotopic (exact) mass is 231 g/mol. The van der Waals surface area contributed by atoms with Crippen molar-refractivity contribution >= 4 is 22.5 Å².